The van der Waals surface area contributed by atoms with Gasteiger partial charge in [-0.3, -0.25) is 0 Å². The molecule has 0 aliphatic carbocycles. The van der Waals surface area contributed by atoms with E-state index in [1.807, 2.05) is 7.05 Å². The Hall–Kier alpha value is -0.860. The van der Waals surface area contributed by atoms with Gasteiger partial charge in [-0.1, -0.05) is 43.2 Å². The first-order chi connectivity index (χ1) is 8.42. The van der Waals surface area contributed by atoms with E-state index in [2.05, 4.69) is 63.2 Å². The van der Waals surface area contributed by atoms with Crippen molar-refractivity contribution in [3.05, 3.63) is 34.9 Å². The highest BCUT2D eigenvalue weighted by Crippen LogP contribution is 2.18. The molecule has 102 valence electrons. The van der Waals surface area contributed by atoms with Gasteiger partial charge in [-0.05, 0) is 39.4 Å². The van der Waals surface area contributed by atoms with E-state index in [1.165, 1.54) is 16.7 Å². The summed E-state index contributed by atoms with van der Waals surface area (Å²) < 4.78 is 0. The minimum Gasteiger partial charge on any atom is -0.312 e. The van der Waals surface area contributed by atoms with Crippen LogP contribution in [0.3, 0.4) is 0 Å². The van der Waals surface area contributed by atoms with Gasteiger partial charge in [-0.2, -0.15) is 0 Å². The van der Waals surface area contributed by atoms with Gasteiger partial charge in [0.15, 0.2) is 0 Å². The molecule has 0 aromatic heterocycles. The van der Waals surface area contributed by atoms with Crippen molar-refractivity contribution in [3.8, 4) is 0 Å². The summed E-state index contributed by atoms with van der Waals surface area (Å²) >= 11 is 0. The van der Waals surface area contributed by atoms with Gasteiger partial charge in [0.25, 0.3) is 0 Å². The number of nitrogens with one attached hydrogen (secondary N) is 1. The topological polar surface area (TPSA) is 15.3 Å². The van der Waals surface area contributed by atoms with Crippen LogP contribution in [0.2, 0.25) is 0 Å². The van der Waals surface area contributed by atoms with Gasteiger partial charge in [-0.15, -0.1) is 0 Å². The normalized spacial score (nSPS) is 13.3. The Morgan fingerprint density at radius 3 is 2.06 bits per heavy atom. The zero-order valence-corrected chi connectivity index (χ0v) is 12.7. The minimum absolute atomic E-state index is 0.410. The molecule has 0 aliphatic heterocycles. The van der Waals surface area contributed by atoms with E-state index in [0.717, 1.165) is 13.1 Å². The van der Waals surface area contributed by atoms with Crippen LogP contribution >= 0.6 is 0 Å². The molecule has 0 amide bonds. The van der Waals surface area contributed by atoms with Crippen LogP contribution in [0.4, 0.5) is 0 Å². The lowest BCUT2D eigenvalue weighted by Crippen LogP contribution is -2.33. The van der Waals surface area contributed by atoms with Crippen molar-refractivity contribution in [2.24, 2.45) is 5.92 Å². The summed E-state index contributed by atoms with van der Waals surface area (Å²) in [7, 11) is 4.25. The minimum atomic E-state index is 0.410. The van der Waals surface area contributed by atoms with E-state index in [1.54, 1.807) is 0 Å². The van der Waals surface area contributed by atoms with Crippen molar-refractivity contribution in [3.63, 3.8) is 0 Å². The summed E-state index contributed by atoms with van der Waals surface area (Å²) in [5.74, 6) is 0.715. The molecule has 1 N–H and O–H groups in total. The fourth-order valence-corrected chi connectivity index (χ4v) is 2.58. The Kier molecular flexibility index (Phi) is 5.83. The van der Waals surface area contributed by atoms with Crippen molar-refractivity contribution in [2.45, 2.75) is 33.7 Å². The molecule has 0 aliphatic rings. The Labute approximate surface area is 112 Å². The summed E-state index contributed by atoms with van der Waals surface area (Å²) in [5.41, 5.74) is 4.08. The molecule has 1 atom stereocenters. The van der Waals surface area contributed by atoms with E-state index in [9.17, 15) is 0 Å². The van der Waals surface area contributed by atoms with Gasteiger partial charge in [-0.25, -0.2) is 0 Å². The van der Waals surface area contributed by atoms with Gasteiger partial charge in [0.2, 0.25) is 0 Å². The molecule has 0 fully saturated rings. The van der Waals surface area contributed by atoms with Gasteiger partial charge in [0, 0.05) is 19.1 Å². The van der Waals surface area contributed by atoms with E-state index in [4.69, 9.17) is 0 Å². The Balaban J connectivity index is 2.76. The highest BCUT2D eigenvalue weighted by atomic mass is 15.1. The second-order valence-corrected chi connectivity index (χ2v) is 5.88. The largest absolute Gasteiger partial charge is 0.312 e. The molecule has 2 heteroatoms. The first-order valence-corrected chi connectivity index (χ1v) is 6.86. The molecule has 0 radical (unpaired) electrons. The van der Waals surface area contributed by atoms with Crippen LogP contribution in [0.5, 0.6) is 0 Å². The van der Waals surface area contributed by atoms with Crippen molar-refractivity contribution >= 4 is 0 Å². The average molecular weight is 248 g/mol. The Morgan fingerprint density at radius 2 is 1.61 bits per heavy atom. The van der Waals surface area contributed by atoms with Crippen molar-refractivity contribution in [1.82, 2.24) is 10.2 Å². The second-order valence-electron chi connectivity index (χ2n) is 5.88. The van der Waals surface area contributed by atoms with Gasteiger partial charge >= 0.3 is 0 Å². The summed E-state index contributed by atoms with van der Waals surface area (Å²) in [6.07, 6.45) is 0. The third-order valence-electron chi connectivity index (χ3n) is 3.17. The summed E-state index contributed by atoms with van der Waals surface area (Å²) in [6.45, 7) is 11.1. The molecule has 0 spiro atoms. The zero-order valence-electron chi connectivity index (χ0n) is 12.7. The van der Waals surface area contributed by atoms with Crippen LogP contribution in [0, 0.1) is 19.8 Å². The highest BCUT2D eigenvalue weighted by molar-refractivity contribution is 5.30. The van der Waals surface area contributed by atoms with Crippen LogP contribution in [0.25, 0.3) is 0 Å². The lowest BCUT2D eigenvalue weighted by molar-refractivity contribution is 0.267. The highest BCUT2D eigenvalue weighted by Gasteiger charge is 2.13. The Morgan fingerprint density at radius 1 is 1.06 bits per heavy atom. The molecule has 0 heterocycles. The third kappa shape index (κ3) is 4.79. The zero-order chi connectivity index (χ0) is 13.7. The monoisotopic (exact) mass is 248 g/mol. The van der Waals surface area contributed by atoms with Crippen molar-refractivity contribution in [2.75, 3.05) is 27.2 Å². The SMILES string of the molecule is CNC(CN(C)CC(C)C)c1cc(C)cc(C)c1. The molecule has 2 nitrogen and oxygen atoms in total. The maximum Gasteiger partial charge on any atom is 0.0446 e. The molecule has 1 aromatic carbocycles. The number of benzene rings is 1. The smallest absolute Gasteiger partial charge is 0.0446 e. The van der Waals surface area contributed by atoms with Gasteiger partial charge in [0.1, 0.15) is 0 Å². The quantitative estimate of drug-likeness (QED) is 0.832. The fourth-order valence-electron chi connectivity index (χ4n) is 2.58. The van der Waals surface area contributed by atoms with Crippen LogP contribution in [-0.2, 0) is 0 Å². The first-order valence-electron chi connectivity index (χ1n) is 6.86. The molecule has 0 bridgehead atoms. The molecule has 1 unspecified atom stereocenters. The maximum absolute atomic E-state index is 3.44. The molecule has 0 saturated heterocycles. The predicted octanol–water partition coefficient (Wildman–Crippen LogP) is 3.15. The number of rotatable bonds is 6. The fraction of sp³-hybridized carbons (Fsp3) is 0.625. The predicted molar refractivity (Wildman–Crippen MR) is 80.1 cm³/mol. The standard InChI is InChI=1S/C16H28N2/c1-12(2)10-18(6)11-16(17-5)15-8-13(3)7-14(4)9-15/h7-9,12,16-17H,10-11H2,1-6H3. The van der Waals surface area contributed by atoms with Crippen LogP contribution in [-0.4, -0.2) is 32.1 Å². The first kappa shape index (κ1) is 15.2. The average Bonchev–Trinajstić information content (AvgIpc) is 2.23. The van der Waals surface area contributed by atoms with Gasteiger partial charge < -0.3 is 10.2 Å². The third-order valence-corrected chi connectivity index (χ3v) is 3.17. The van der Waals surface area contributed by atoms with E-state index < -0.39 is 0 Å². The van der Waals surface area contributed by atoms with E-state index in [0.29, 0.717) is 12.0 Å². The van der Waals surface area contributed by atoms with Gasteiger partial charge in [0.05, 0.1) is 0 Å². The van der Waals surface area contributed by atoms with Crippen LogP contribution in [0.1, 0.15) is 36.6 Å². The molecule has 1 aromatic rings. The van der Waals surface area contributed by atoms with Crippen LogP contribution < -0.4 is 5.32 Å². The summed E-state index contributed by atoms with van der Waals surface area (Å²) in [6, 6.07) is 7.22. The number of hydrogen-bond donors (Lipinski definition) is 1. The second kappa shape index (κ2) is 6.91. The lowest BCUT2D eigenvalue weighted by Gasteiger charge is -2.26. The summed E-state index contributed by atoms with van der Waals surface area (Å²) in [5, 5.41) is 3.44. The molecule has 1 rings (SSSR count). The van der Waals surface area contributed by atoms with Crippen molar-refractivity contribution < 1.29 is 0 Å². The Bertz CT molecular complexity index is 351. The molecule has 18 heavy (non-hydrogen) atoms. The lowest BCUT2D eigenvalue weighted by atomic mass is 10.0. The van der Waals surface area contributed by atoms with Crippen LogP contribution in [0.15, 0.2) is 18.2 Å². The maximum atomic E-state index is 3.44. The number of hydrogen-bond acceptors (Lipinski definition) is 2. The van der Waals surface area contributed by atoms with E-state index >= 15 is 0 Å². The molecular weight excluding hydrogens is 220 g/mol. The molecule has 0 saturated carbocycles. The number of likely N-dealkylation sites (N-methyl/N-ethyl adjacent to an activating group) is 2. The number of nitrogens with zero attached hydrogens (tertiary/aromatic N) is 1. The van der Waals surface area contributed by atoms with Crippen molar-refractivity contribution in [1.29, 1.82) is 0 Å². The van der Waals surface area contributed by atoms with E-state index in [-0.39, 0.29) is 0 Å². The summed E-state index contributed by atoms with van der Waals surface area (Å²) in [4.78, 5) is 2.41. The molecular formula is C16H28N2. The number of aryl methyl sites for hydroxylation is 2.